The highest BCUT2D eigenvalue weighted by atomic mass is 35.5. The molecule has 0 saturated carbocycles. The smallest absolute Gasteiger partial charge is 0.271 e. The molecule has 1 saturated heterocycles. The molecule has 0 bridgehead atoms. The SMILES string of the molecule is O=C(NCCNc1ncc(Cl)cc1Cl)c1nc(N2CCCC2)ncc1Cl. The summed E-state index contributed by atoms with van der Waals surface area (Å²) in [6, 6.07) is 1.59. The lowest BCUT2D eigenvalue weighted by Gasteiger charge is -2.16. The normalized spacial score (nSPS) is 13.7. The molecule has 2 N–H and O–H groups in total. The summed E-state index contributed by atoms with van der Waals surface area (Å²) in [7, 11) is 0. The van der Waals surface area contributed by atoms with Gasteiger partial charge >= 0.3 is 0 Å². The predicted molar refractivity (Wildman–Crippen MR) is 104 cm³/mol. The first-order valence-corrected chi connectivity index (χ1v) is 9.28. The maximum atomic E-state index is 12.4. The largest absolute Gasteiger partial charge is 0.367 e. The molecule has 0 aromatic carbocycles. The summed E-state index contributed by atoms with van der Waals surface area (Å²) >= 11 is 17.9. The van der Waals surface area contributed by atoms with Gasteiger partial charge in [-0.3, -0.25) is 4.79 Å². The molecule has 1 fully saturated rings. The predicted octanol–water partition coefficient (Wildman–Crippen LogP) is 3.27. The summed E-state index contributed by atoms with van der Waals surface area (Å²) in [6.45, 7) is 2.56. The Morgan fingerprint density at radius 1 is 1.08 bits per heavy atom. The highest BCUT2D eigenvalue weighted by Gasteiger charge is 2.19. The topological polar surface area (TPSA) is 83.0 Å². The molecule has 3 heterocycles. The van der Waals surface area contributed by atoms with E-state index in [2.05, 4.69) is 25.6 Å². The van der Waals surface area contributed by atoms with Crippen LogP contribution in [0, 0.1) is 0 Å². The molecule has 1 aliphatic rings. The molecule has 1 aliphatic heterocycles. The van der Waals surface area contributed by atoms with Crippen molar-refractivity contribution in [1.29, 1.82) is 0 Å². The van der Waals surface area contributed by atoms with E-state index in [0.717, 1.165) is 25.9 Å². The number of rotatable bonds is 6. The Morgan fingerprint density at radius 3 is 2.58 bits per heavy atom. The van der Waals surface area contributed by atoms with Gasteiger partial charge in [-0.05, 0) is 18.9 Å². The number of nitrogens with zero attached hydrogens (tertiary/aromatic N) is 4. The van der Waals surface area contributed by atoms with E-state index in [9.17, 15) is 4.79 Å². The number of halogens is 3. The van der Waals surface area contributed by atoms with Crippen molar-refractivity contribution in [1.82, 2.24) is 20.3 Å². The number of hydrogen-bond donors (Lipinski definition) is 2. The van der Waals surface area contributed by atoms with Gasteiger partial charge in [0.05, 0.1) is 21.3 Å². The van der Waals surface area contributed by atoms with Gasteiger partial charge in [0, 0.05) is 32.4 Å². The van der Waals surface area contributed by atoms with E-state index in [-0.39, 0.29) is 16.6 Å². The van der Waals surface area contributed by atoms with Gasteiger partial charge in [-0.1, -0.05) is 34.8 Å². The molecule has 0 spiro atoms. The molecule has 10 heteroatoms. The molecule has 138 valence electrons. The minimum absolute atomic E-state index is 0.172. The van der Waals surface area contributed by atoms with Crippen molar-refractivity contribution in [3.05, 3.63) is 39.2 Å². The van der Waals surface area contributed by atoms with Crippen LogP contribution in [0.4, 0.5) is 11.8 Å². The number of carbonyl (C=O) groups excluding carboxylic acids is 1. The molecule has 3 rings (SSSR count). The Hall–Kier alpha value is -1.83. The fraction of sp³-hybridized carbons (Fsp3) is 0.375. The Kier molecular flexibility index (Phi) is 6.34. The van der Waals surface area contributed by atoms with Crippen molar-refractivity contribution in [2.45, 2.75) is 12.8 Å². The average Bonchev–Trinajstić information content (AvgIpc) is 3.15. The van der Waals surface area contributed by atoms with Crippen molar-refractivity contribution in [3.63, 3.8) is 0 Å². The van der Waals surface area contributed by atoms with Crippen molar-refractivity contribution in [2.24, 2.45) is 0 Å². The molecule has 2 aromatic rings. The highest BCUT2D eigenvalue weighted by molar-refractivity contribution is 6.36. The van der Waals surface area contributed by atoms with Crippen LogP contribution in [0.2, 0.25) is 15.1 Å². The molecule has 0 aliphatic carbocycles. The van der Waals surface area contributed by atoms with Gasteiger partial charge in [-0.15, -0.1) is 0 Å². The standard InChI is InChI=1S/C16H17Cl3N6O/c17-10-7-11(18)14(22-8-10)20-3-4-21-15(26)13-12(19)9-23-16(24-13)25-5-1-2-6-25/h7-9H,1-6H2,(H,20,22)(H,21,26). The van der Waals surface area contributed by atoms with Gasteiger partial charge in [0.2, 0.25) is 5.95 Å². The first-order valence-electron chi connectivity index (χ1n) is 8.15. The van der Waals surface area contributed by atoms with E-state index in [1.165, 1.54) is 12.4 Å². The average molecular weight is 416 g/mol. The van der Waals surface area contributed by atoms with E-state index in [0.29, 0.717) is 34.9 Å². The van der Waals surface area contributed by atoms with E-state index in [1.807, 2.05) is 4.90 Å². The van der Waals surface area contributed by atoms with Gasteiger partial charge in [-0.25, -0.2) is 15.0 Å². The minimum Gasteiger partial charge on any atom is -0.367 e. The molecule has 26 heavy (non-hydrogen) atoms. The third-order valence-corrected chi connectivity index (χ3v) is 4.62. The van der Waals surface area contributed by atoms with Crippen LogP contribution in [-0.2, 0) is 0 Å². The Morgan fingerprint density at radius 2 is 1.85 bits per heavy atom. The number of carbonyl (C=O) groups is 1. The number of aromatic nitrogens is 3. The summed E-state index contributed by atoms with van der Waals surface area (Å²) in [5, 5.41) is 6.89. The summed E-state index contributed by atoms with van der Waals surface area (Å²) in [6.07, 6.45) is 5.16. The molecular weight excluding hydrogens is 399 g/mol. The quantitative estimate of drug-likeness (QED) is 0.705. The Labute approximate surface area is 166 Å². The van der Waals surface area contributed by atoms with Crippen molar-refractivity contribution in [2.75, 3.05) is 36.4 Å². The van der Waals surface area contributed by atoms with Gasteiger partial charge in [-0.2, -0.15) is 0 Å². The van der Waals surface area contributed by atoms with Crippen LogP contribution in [0.3, 0.4) is 0 Å². The maximum absolute atomic E-state index is 12.4. The number of anilines is 2. The number of hydrogen-bond acceptors (Lipinski definition) is 6. The minimum atomic E-state index is -0.352. The molecule has 1 amide bonds. The number of nitrogens with one attached hydrogen (secondary N) is 2. The zero-order valence-corrected chi connectivity index (χ0v) is 16.1. The molecule has 0 radical (unpaired) electrons. The summed E-state index contributed by atoms with van der Waals surface area (Å²) in [5.74, 6) is 0.684. The van der Waals surface area contributed by atoms with E-state index >= 15 is 0 Å². The molecule has 2 aromatic heterocycles. The van der Waals surface area contributed by atoms with Crippen molar-refractivity contribution >= 4 is 52.5 Å². The van der Waals surface area contributed by atoms with Gasteiger partial charge in [0.1, 0.15) is 5.82 Å². The summed E-state index contributed by atoms with van der Waals surface area (Å²) < 4.78 is 0. The lowest BCUT2D eigenvalue weighted by molar-refractivity contribution is 0.0950. The molecule has 0 unspecified atom stereocenters. The lowest BCUT2D eigenvalue weighted by Crippen LogP contribution is -2.30. The molecule has 0 atom stereocenters. The maximum Gasteiger partial charge on any atom is 0.271 e. The van der Waals surface area contributed by atoms with Crippen LogP contribution >= 0.6 is 34.8 Å². The van der Waals surface area contributed by atoms with Crippen LogP contribution in [0.5, 0.6) is 0 Å². The second kappa shape index (κ2) is 8.70. The zero-order chi connectivity index (χ0) is 18.5. The van der Waals surface area contributed by atoms with Crippen LogP contribution in [-0.4, -0.2) is 47.0 Å². The van der Waals surface area contributed by atoms with Crippen LogP contribution in [0.25, 0.3) is 0 Å². The summed E-state index contributed by atoms with van der Waals surface area (Å²) in [4.78, 5) is 27.0. The second-order valence-corrected chi connectivity index (χ2v) is 6.98. The van der Waals surface area contributed by atoms with Crippen LogP contribution < -0.4 is 15.5 Å². The Balaban J connectivity index is 1.55. The van der Waals surface area contributed by atoms with Gasteiger partial charge in [0.15, 0.2) is 5.69 Å². The van der Waals surface area contributed by atoms with Crippen molar-refractivity contribution in [3.8, 4) is 0 Å². The lowest BCUT2D eigenvalue weighted by atomic mass is 10.3. The van der Waals surface area contributed by atoms with Crippen molar-refractivity contribution < 1.29 is 4.79 Å². The fourth-order valence-corrected chi connectivity index (χ4v) is 3.20. The van der Waals surface area contributed by atoms with E-state index in [4.69, 9.17) is 34.8 Å². The first-order chi connectivity index (χ1) is 12.5. The zero-order valence-electron chi connectivity index (χ0n) is 13.8. The second-order valence-electron chi connectivity index (χ2n) is 5.73. The summed E-state index contributed by atoms with van der Waals surface area (Å²) in [5.41, 5.74) is 0.172. The van der Waals surface area contributed by atoms with E-state index in [1.54, 1.807) is 6.07 Å². The Bertz CT molecular complexity index is 798. The number of pyridine rings is 1. The first kappa shape index (κ1) is 18.9. The molecule has 7 nitrogen and oxygen atoms in total. The van der Waals surface area contributed by atoms with E-state index < -0.39 is 0 Å². The highest BCUT2D eigenvalue weighted by Crippen LogP contribution is 2.22. The fourth-order valence-electron chi connectivity index (χ4n) is 2.57. The van der Waals surface area contributed by atoms with Crippen LogP contribution in [0.1, 0.15) is 23.3 Å². The van der Waals surface area contributed by atoms with Gasteiger partial charge < -0.3 is 15.5 Å². The third kappa shape index (κ3) is 4.66. The number of amides is 1. The van der Waals surface area contributed by atoms with Gasteiger partial charge in [0.25, 0.3) is 5.91 Å². The van der Waals surface area contributed by atoms with Crippen LogP contribution in [0.15, 0.2) is 18.5 Å². The molecular formula is C16H17Cl3N6O. The third-order valence-electron chi connectivity index (χ3n) is 3.85. The monoisotopic (exact) mass is 414 g/mol.